The minimum Gasteiger partial charge on any atom is -0.460 e. The second kappa shape index (κ2) is 25.5. The Morgan fingerprint density at radius 3 is 2.17 bits per heavy atom. The van der Waals surface area contributed by atoms with Crippen LogP contribution in [-0.4, -0.2) is 132 Å². The minimum atomic E-state index is -2.37. The van der Waals surface area contributed by atoms with Gasteiger partial charge in [0.15, 0.2) is 5.78 Å². The molecular weight excluding hydrogens is 823 g/mol. The molecule has 14 nitrogen and oxygen atoms in total. The lowest BCUT2D eigenvalue weighted by Gasteiger charge is -2.42. The molecule has 3 aliphatic heterocycles. The van der Waals surface area contributed by atoms with E-state index >= 15 is 0 Å². The summed E-state index contributed by atoms with van der Waals surface area (Å²) >= 11 is 0. The van der Waals surface area contributed by atoms with Gasteiger partial charge in [0.1, 0.15) is 30.1 Å². The Kier molecular flexibility index (Phi) is 21.5. The number of allylic oxidation sites excluding steroid dienone is 1. The van der Waals surface area contributed by atoms with Crippen molar-refractivity contribution in [2.24, 2.45) is 35.5 Å². The fraction of sp³-hybridized carbons (Fsp3) is 0.860. The van der Waals surface area contributed by atoms with E-state index in [4.69, 9.17) is 23.7 Å². The summed E-state index contributed by atoms with van der Waals surface area (Å²) < 4.78 is 29.4. The Hall–Kier alpha value is -2.59. The second-order valence-electron chi connectivity index (χ2n) is 20.2. The second-order valence-corrected chi connectivity index (χ2v) is 20.2. The van der Waals surface area contributed by atoms with Crippen LogP contribution < -0.4 is 0 Å². The van der Waals surface area contributed by atoms with Crippen LogP contribution in [0.3, 0.4) is 0 Å². The zero-order valence-corrected chi connectivity index (χ0v) is 40.5. The van der Waals surface area contributed by atoms with Crippen molar-refractivity contribution in [1.82, 2.24) is 4.90 Å². The first-order chi connectivity index (χ1) is 30.3. The van der Waals surface area contributed by atoms with Gasteiger partial charge in [0.25, 0.3) is 11.7 Å². The molecule has 2 bridgehead atoms. The van der Waals surface area contributed by atoms with Gasteiger partial charge in [-0.25, -0.2) is 4.79 Å². The summed E-state index contributed by atoms with van der Waals surface area (Å²) in [5, 5.41) is 33.8. The van der Waals surface area contributed by atoms with Crippen LogP contribution in [0.5, 0.6) is 0 Å². The van der Waals surface area contributed by atoms with E-state index in [2.05, 4.69) is 6.92 Å². The van der Waals surface area contributed by atoms with Crippen LogP contribution in [-0.2, 0) is 47.7 Å². The number of fused-ring (bicyclic) bond motifs is 3. The van der Waals surface area contributed by atoms with Crippen molar-refractivity contribution >= 4 is 29.2 Å². The maximum atomic E-state index is 14.3. The van der Waals surface area contributed by atoms with Gasteiger partial charge in [-0.1, -0.05) is 72.8 Å². The van der Waals surface area contributed by atoms with E-state index in [0.29, 0.717) is 63.4 Å². The highest BCUT2D eigenvalue weighted by molar-refractivity contribution is 6.39. The summed E-state index contributed by atoms with van der Waals surface area (Å²) in [7, 11) is 4.62. The number of esters is 1. The number of methoxy groups -OCH3 is 3. The molecule has 15 atom stereocenters. The molecule has 0 unspecified atom stereocenters. The summed E-state index contributed by atoms with van der Waals surface area (Å²) in [6.45, 7) is 11.1. The Bertz CT molecular complexity index is 1570. The number of nitrogens with zero attached hydrogens (tertiary/aromatic N) is 1. The third-order valence-corrected chi connectivity index (χ3v) is 15.1. The lowest BCUT2D eigenvalue weighted by molar-refractivity contribution is -0.266. The van der Waals surface area contributed by atoms with Crippen molar-refractivity contribution in [1.29, 1.82) is 0 Å². The molecule has 0 aromatic heterocycles. The number of cyclic esters (lactones) is 1. The van der Waals surface area contributed by atoms with E-state index in [1.165, 1.54) is 12.0 Å². The lowest BCUT2D eigenvalue weighted by Crippen LogP contribution is -2.61. The molecule has 366 valence electrons. The molecule has 0 aromatic rings. The highest BCUT2D eigenvalue weighted by Gasteiger charge is 2.53. The highest BCUT2D eigenvalue weighted by atomic mass is 16.6. The van der Waals surface area contributed by atoms with Gasteiger partial charge in [0, 0.05) is 52.0 Å². The van der Waals surface area contributed by atoms with E-state index in [9.17, 15) is 39.3 Å². The number of aliphatic hydroxyl groups is 3. The maximum absolute atomic E-state index is 14.3. The molecule has 3 fully saturated rings. The molecule has 64 heavy (non-hydrogen) atoms. The fourth-order valence-corrected chi connectivity index (χ4v) is 10.7. The van der Waals surface area contributed by atoms with Gasteiger partial charge in [-0.15, -0.1) is 0 Å². The molecule has 4 rings (SSSR count). The Balaban J connectivity index is 1.64. The molecular formula is C50H83NO13. The highest BCUT2D eigenvalue weighted by Crippen LogP contribution is 2.38. The molecule has 1 saturated carbocycles. The van der Waals surface area contributed by atoms with Crippen LogP contribution in [0, 0.1) is 35.5 Å². The number of amides is 1. The monoisotopic (exact) mass is 906 g/mol. The molecule has 1 aliphatic carbocycles. The van der Waals surface area contributed by atoms with Crippen molar-refractivity contribution in [3.05, 3.63) is 11.6 Å². The van der Waals surface area contributed by atoms with Gasteiger partial charge >= 0.3 is 5.97 Å². The van der Waals surface area contributed by atoms with Crippen molar-refractivity contribution < 1.29 is 63.0 Å². The van der Waals surface area contributed by atoms with Gasteiger partial charge in [-0.3, -0.25) is 19.2 Å². The van der Waals surface area contributed by atoms with E-state index in [0.717, 1.165) is 44.9 Å². The molecule has 4 aliphatic rings. The van der Waals surface area contributed by atoms with Crippen LogP contribution in [0.2, 0.25) is 0 Å². The average molecular weight is 906 g/mol. The van der Waals surface area contributed by atoms with Crippen LogP contribution in [0.4, 0.5) is 0 Å². The normalized spacial score (nSPS) is 39.6. The number of piperidine rings is 1. The third kappa shape index (κ3) is 14.5. The molecule has 14 heteroatoms. The van der Waals surface area contributed by atoms with E-state index in [1.54, 1.807) is 41.1 Å². The van der Waals surface area contributed by atoms with E-state index < -0.39 is 71.8 Å². The lowest BCUT2D eigenvalue weighted by atomic mass is 9.78. The zero-order valence-electron chi connectivity index (χ0n) is 40.5. The SMILES string of the molecule is CO[C@@H]1CCCCCC[C@@H](C)C[C@@H](C)C(=O)[C@H](OC)[C@H](O)/C(C)=C/[C@@H](C)C(=O)C[C@@H]([C@H](C)C[C@H]2CC[C@@H](O)[C@H](OC)C2)OC(=O)[C@@H]2CCCCN2C(=O)C(=O)[C@]2(O)O[C@@H](CC[C@H]2C)C1. The fourth-order valence-electron chi connectivity index (χ4n) is 10.7. The number of hydrogen-bond acceptors (Lipinski definition) is 13. The molecule has 0 aromatic carbocycles. The van der Waals surface area contributed by atoms with Crippen LogP contribution >= 0.6 is 0 Å². The van der Waals surface area contributed by atoms with Crippen molar-refractivity contribution in [2.45, 2.75) is 212 Å². The van der Waals surface area contributed by atoms with Crippen LogP contribution in [0.15, 0.2) is 11.6 Å². The number of hydrogen-bond donors (Lipinski definition) is 3. The first-order valence-electron chi connectivity index (χ1n) is 24.5. The number of ether oxygens (including phenoxy) is 5. The summed E-state index contributed by atoms with van der Waals surface area (Å²) in [4.78, 5) is 71.7. The van der Waals surface area contributed by atoms with Gasteiger partial charge in [0.05, 0.1) is 24.4 Å². The van der Waals surface area contributed by atoms with Crippen molar-refractivity contribution in [3.63, 3.8) is 0 Å². The first-order valence-corrected chi connectivity index (χ1v) is 24.5. The van der Waals surface area contributed by atoms with E-state index in [-0.39, 0.29) is 66.8 Å². The molecule has 1 amide bonds. The molecule has 2 saturated heterocycles. The van der Waals surface area contributed by atoms with Gasteiger partial charge in [0.2, 0.25) is 5.79 Å². The Morgan fingerprint density at radius 2 is 1.50 bits per heavy atom. The predicted molar refractivity (Wildman–Crippen MR) is 241 cm³/mol. The van der Waals surface area contributed by atoms with Gasteiger partial charge in [-0.2, -0.15) is 0 Å². The largest absolute Gasteiger partial charge is 0.460 e. The topological polar surface area (TPSA) is 195 Å². The van der Waals surface area contributed by atoms with Crippen molar-refractivity contribution in [3.8, 4) is 0 Å². The van der Waals surface area contributed by atoms with Crippen LogP contribution in [0.1, 0.15) is 157 Å². The standard InChI is InChI=1S/C50H83NO13/c1-30-16-12-10-11-13-17-37(60-7)28-38-21-19-35(6)50(59,64-38)47(56)48(57)51-23-15-14-18-39(51)49(58)63-42(32(3)26-36-20-22-40(52)43(27-36)61-8)29-41(53)31(2)25-34(5)45(55)46(62-9)44(54)33(4)24-30/h25,30-33,35-40,42-43,45-46,52,55,59H,10-24,26-29H2,1-9H3/b34-25+/t30-,31-,32-,33-,35-,36-,37-,38+,39+,40-,42+,43-,45-,46+,50-/m1/s1. The number of carbonyl (C=O) groups excluding carboxylic acids is 5. The molecule has 3 heterocycles. The third-order valence-electron chi connectivity index (χ3n) is 15.1. The minimum absolute atomic E-state index is 0.109. The summed E-state index contributed by atoms with van der Waals surface area (Å²) in [6, 6.07) is -1.12. The number of Topliss-reactive ketones (excluding diaryl/α,β-unsaturated/α-hetero) is 3. The average Bonchev–Trinajstić information content (AvgIpc) is 3.27. The summed E-state index contributed by atoms with van der Waals surface area (Å²) in [6.07, 6.45) is 8.25. The Labute approximate surface area is 382 Å². The van der Waals surface area contributed by atoms with Crippen molar-refractivity contribution in [2.75, 3.05) is 27.9 Å². The summed E-state index contributed by atoms with van der Waals surface area (Å²) in [5.74, 6) is -7.31. The quantitative estimate of drug-likeness (QED) is 0.149. The first kappa shape index (κ1) is 54.0. The number of rotatable bonds is 6. The Morgan fingerprint density at radius 1 is 0.812 bits per heavy atom. The maximum Gasteiger partial charge on any atom is 0.329 e. The number of carbonyl (C=O) groups is 5. The zero-order chi connectivity index (χ0) is 47.3. The smallest absolute Gasteiger partial charge is 0.329 e. The number of ketones is 3. The van der Waals surface area contributed by atoms with E-state index in [1.807, 2.05) is 13.8 Å². The number of aliphatic hydroxyl groups excluding tert-OH is 2. The molecule has 0 radical (unpaired) electrons. The summed E-state index contributed by atoms with van der Waals surface area (Å²) in [5.41, 5.74) is 0.416. The van der Waals surface area contributed by atoms with Crippen LogP contribution in [0.25, 0.3) is 0 Å². The predicted octanol–water partition coefficient (Wildman–Crippen LogP) is 6.46. The van der Waals surface area contributed by atoms with Gasteiger partial charge < -0.3 is 43.9 Å². The molecule has 3 N–H and O–H groups in total. The van der Waals surface area contributed by atoms with Gasteiger partial charge in [-0.05, 0) is 107 Å². The molecule has 0 spiro atoms.